The summed E-state index contributed by atoms with van der Waals surface area (Å²) in [6.07, 6.45) is 0. The van der Waals surface area contributed by atoms with Gasteiger partial charge in [-0.1, -0.05) is 12.1 Å². The molecule has 0 unspecified atom stereocenters. The van der Waals surface area contributed by atoms with Crippen molar-refractivity contribution in [1.29, 1.82) is 0 Å². The molecule has 1 aliphatic rings. The first kappa shape index (κ1) is 11.2. The van der Waals surface area contributed by atoms with Crippen LogP contribution in [0.3, 0.4) is 0 Å². The Kier molecular flexibility index (Phi) is 2.93. The number of benzene rings is 1. The van der Waals surface area contributed by atoms with Crippen molar-refractivity contribution in [2.75, 3.05) is 31.1 Å². The number of hydrogen-bond donors (Lipinski definition) is 2. The van der Waals surface area contributed by atoms with Crippen LogP contribution in [-0.4, -0.2) is 41.4 Å². The Bertz CT molecular complexity index is 533. The van der Waals surface area contributed by atoms with Gasteiger partial charge in [-0.3, -0.25) is 5.10 Å². The first-order valence-electron chi connectivity index (χ1n) is 5.97. The van der Waals surface area contributed by atoms with Crippen molar-refractivity contribution >= 4 is 5.95 Å². The Labute approximate surface area is 104 Å². The zero-order valence-corrected chi connectivity index (χ0v) is 9.86. The molecule has 1 aliphatic heterocycles. The molecule has 0 radical (unpaired) electrons. The molecule has 94 valence electrons. The van der Waals surface area contributed by atoms with Gasteiger partial charge in [-0.25, -0.2) is 4.39 Å². The average Bonchev–Trinajstić information content (AvgIpc) is 2.90. The van der Waals surface area contributed by atoms with E-state index in [1.165, 1.54) is 6.07 Å². The lowest BCUT2D eigenvalue weighted by molar-refractivity contribution is 0.580. The Morgan fingerprint density at radius 1 is 1.17 bits per heavy atom. The van der Waals surface area contributed by atoms with Crippen molar-refractivity contribution in [3.05, 3.63) is 30.1 Å². The van der Waals surface area contributed by atoms with Gasteiger partial charge in [0.2, 0.25) is 5.95 Å². The van der Waals surface area contributed by atoms with Crippen molar-refractivity contribution in [2.45, 2.75) is 0 Å². The summed E-state index contributed by atoms with van der Waals surface area (Å²) >= 11 is 0. The maximum atomic E-state index is 13.6. The minimum Gasteiger partial charge on any atom is -0.337 e. The largest absolute Gasteiger partial charge is 0.337 e. The van der Waals surface area contributed by atoms with Crippen molar-refractivity contribution in [2.24, 2.45) is 0 Å². The molecule has 0 atom stereocenters. The molecule has 0 spiro atoms. The number of aromatic nitrogens is 3. The molecule has 0 bridgehead atoms. The molecule has 1 fully saturated rings. The third-order valence-electron chi connectivity index (χ3n) is 3.00. The summed E-state index contributed by atoms with van der Waals surface area (Å²) in [7, 11) is 0. The molecule has 2 heterocycles. The monoisotopic (exact) mass is 247 g/mol. The van der Waals surface area contributed by atoms with E-state index in [1.807, 2.05) is 0 Å². The molecular formula is C12H14FN5. The number of rotatable bonds is 2. The predicted octanol–water partition coefficient (Wildman–Crippen LogP) is 1.02. The van der Waals surface area contributed by atoms with Crippen LogP contribution < -0.4 is 10.2 Å². The van der Waals surface area contributed by atoms with Crippen LogP contribution in [0.2, 0.25) is 0 Å². The summed E-state index contributed by atoms with van der Waals surface area (Å²) in [6, 6.07) is 6.55. The van der Waals surface area contributed by atoms with E-state index in [2.05, 4.69) is 25.4 Å². The summed E-state index contributed by atoms with van der Waals surface area (Å²) in [5, 5.41) is 10.2. The van der Waals surface area contributed by atoms with E-state index in [4.69, 9.17) is 0 Å². The standard InChI is InChI=1S/C12H14FN5/c13-10-4-2-1-3-9(10)11-15-12(17-16-11)18-7-5-14-6-8-18/h1-4,14H,5-8H2,(H,15,16,17). The molecule has 6 heteroatoms. The molecule has 2 aromatic rings. The van der Waals surface area contributed by atoms with Gasteiger partial charge in [0.1, 0.15) is 5.82 Å². The number of piperazine rings is 1. The highest BCUT2D eigenvalue weighted by molar-refractivity contribution is 5.57. The lowest BCUT2D eigenvalue weighted by Gasteiger charge is -2.25. The Morgan fingerprint density at radius 3 is 2.72 bits per heavy atom. The fourth-order valence-corrected chi connectivity index (χ4v) is 2.03. The molecule has 0 aliphatic carbocycles. The summed E-state index contributed by atoms with van der Waals surface area (Å²) in [5.74, 6) is 0.817. The smallest absolute Gasteiger partial charge is 0.245 e. The maximum absolute atomic E-state index is 13.6. The van der Waals surface area contributed by atoms with E-state index < -0.39 is 0 Å². The van der Waals surface area contributed by atoms with Crippen molar-refractivity contribution in [1.82, 2.24) is 20.5 Å². The molecular weight excluding hydrogens is 233 g/mol. The quantitative estimate of drug-likeness (QED) is 0.832. The molecule has 1 saturated heterocycles. The number of H-pyrrole nitrogens is 1. The topological polar surface area (TPSA) is 56.8 Å². The van der Waals surface area contributed by atoms with Gasteiger partial charge in [0.05, 0.1) is 5.56 Å². The Morgan fingerprint density at radius 2 is 1.94 bits per heavy atom. The van der Waals surface area contributed by atoms with E-state index >= 15 is 0 Å². The zero-order chi connectivity index (χ0) is 12.4. The van der Waals surface area contributed by atoms with E-state index in [1.54, 1.807) is 18.2 Å². The predicted molar refractivity (Wildman–Crippen MR) is 66.9 cm³/mol. The molecule has 3 rings (SSSR count). The second kappa shape index (κ2) is 4.73. The molecule has 2 N–H and O–H groups in total. The van der Waals surface area contributed by atoms with Crippen LogP contribution in [0, 0.1) is 5.82 Å². The van der Waals surface area contributed by atoms with Crippen LogP contribution in [0.5, 0.6) is 0 Å². The van der Waals surface area contributed by atoms with Crippen molar-refractivity contribution in [3.63, 3.8) is 0 Å². The minimum atomic E-state index is -0.291. The highest BCUT2D eigenvalue weighted by atomic mass is 19.1. The summed E-state index contributed by atoms with van der Waals surface area (Å²) < 4.78 is 13.6. The first-order valence-corrected chi connectivity index (χ1v) is 5.97. The third kappa shape index (κ3) is 2.06. The average molecular weight is 247 g/mol. The summed E-state index contributed by atoms with van der Waals surface area (Å²) in [4.78, 5) is 6.44. The second-order valence-electron chi connectivity index (χ2n) is 4.20. The number of aromatic amines is 1. The van der Waals surface area contributed by atoms with Gasteiger partial charge in [-0.2, -0.15) is 4.98 Å². The van der Waals surface area contributed by atoms with Gasteiger partial charge < -0.3 is 10.2 Å². The van der Waals surface area contributed by atoms with Gasteiger partial charge in [-0.15, -0.1) is 5.10 Å². The summed E-state index contributed by atoms with van der Waals surface area (Å²) in [6.45, 7) is 3.58. The second-order valence-corrected chi connectivity index (χ2v) is 4.20. The SMILES string of the molecule is Fc1ccccc1-c1nc(N2CCNCC2)n[nH]1. The molecule has 0 amide bonds. The number of nitrogens with zero attached hydrogens (tertiary/aromatic N) is 3. The van der Waals surface area contributed by atoms with Gasteiger partial charge >= 0.3 is 0 Å². The normalized spacial score (nSPS) is 15.9. The van der Waals surface area contributed by atoms with Crippen LogP contribution in [-0.2, 0) is 0 Å². The number of halogens is 1. The minimum absolute atomic E-state index is 0.291. The molecule has 1 aromatic carbocycles. The molecule has 18 heavy (non-hydrogen) atoms. The third-order valence-corrected chi connectivity index (χ3v) is 3.00. The van der Waals surface area contributed by atoms with E-state index in [9.17, 15) is 4.39 Å². The molecule has 5 nitrogen and oxygen atoms in total. The van der Waals surface area contributed by atoms with Crippen LogP contribution >= 0.6 is 0 Å². The zero-order valence-electron chi connectivity index (χ0n) is 9.86. The van der Waals surface area contributed by atoms with Crippen molar-refractivity contribution in [3.8, 4) is 11.4 Å². The van der Waals surface area contributed by atoms with Crippen molar-refractivity contribution < 1.29 is 4.39 Å². The van der Waals surface area contributed by atoms with Crippen LogP contribution in [0.1, 0.15) is 0 Å². The van der Waals surface area contributed by atoms with Gasteiger partial charge in [0, 0.05) is 26.2 Å². The number of anilines is 1. The Hall–Kier alpha value is -1.95. The number of nitrogens with one attached hydrogen (secondary N) is 2. The summed E-state index contributed by atoms with van der Waals surface area (Å²) in [5.41, 5.74) is 0.450. The highest BCUT2D eigenvalue weighted by Crippen LogP contribution is 2.20. The lowest BCUT2D eigenvalue weighted by atomic mass is 10.2. The van der Waals surface area contributed by atoms with E-state index in [0.29, 0.717) is 17.3 Å². The lowest BCUT2D eigenvalue weighted by Crippen LogP contribution is -2.44. The maximum Gasteiger partial charge on any atom is 0.245 e. The van der Waals surface area contributed by atoms with E-state index in [0.717, 1.165) is 26.2 Å². The van der Waals surface area contributed by atoms with Crippen LogP contribution in [0.15, 0.2) is 24.3 Å². The van der Waals surface area contributed by atoms with Gasteiger partial charge in [0.15, 0.2) is 5.82 Å². The fraction of sp³-hybridized carbons (Fsp3) is 0.333. The number of hydrogen-bond acceptors (Lipinski definition) is 4. The van der Waals surface area contributed by atoms with Gasteiger partial charge in [0.25, 0.3) is 0 Å². The molecule has 0 saturated carbocycles. The molecule has 1 aromatic heterocycles. The van der Waals surface area contributed by atoms with E-state index in [-0.39, 0.29) is 5.82 Å². The van der Waals surface area contributed by atoms with Crippen LogP contribution in [0.25, 0.3) is 11.4 Å². The first-order chi connectivity index (χ1) is 8.84. The van der Waals surface area contributed by atoms with Crippen LogP contribution in [0.4, 0.5) is 10.3 Å². The Balaban J connectivity index is 1.87. The fourth-order valence-electron chi connectivity index (χ4n) is 2.03. The highest BCUT2D eigenvalue weighted by Gasteiger charge is 2.16. The van der Waals surface area contributed by atoms with Gasteiger partial charge in [-0.05, 0) is 12.1 Å².